The Kier molecular flexibility index (Phi) is 3.64. The summed E-state index contributed by atoms with van der Waals surface area (Å²) in [6.45, 7) is 7.27. The average Bonchev–Trinajstić information content (AvgIpc) is 2.48. The highest BCUT2D eigenvalue weighted by Crippen LogP contribution is 2.17. The van der Waals surface area contributed by atoms with Crippen LogP contribution in [0.15, 0.2) is 0 Å². The second kappa shape index (κ2) is 4.46. The monoisotopic (exact) mass is 247 g/mol. The first-order valence-corrected chi connectivity index (χ1v) is 6.58. The van der Waals surface area contributed by atoms with Gasteiger partial charge < -0.3 is 0 Å². The van der Waals surface area contributed by atoms with E-state index >= 15 is 0 Å². The van der Waals surface area contributed by atoms with Crippen LogP contribution in [0.2, 0.25) is 0 Å². The van der Waals surface area contributed by atoms with Crippen LogP contribution in [0.1, 0.15) is 39.6 Å². The quantitative estimate of drug-likeness (QED) is 0.793. The van der Waals surface area contributed by atoms with Crippen molar-refractivity contribution in [3.63, 3.8) is 0 Å². The summed E-state index contributed by atoms with van der Waals surface area (Å²) >= 11 is 0. The molecule has 0 amide bonds. The second-order valence-electron chi connectivity index (χ2n) is 4.93. The first kappa shape index (κ1) is 13.0. The zero-order valence-corrected chi connectivity index (χ0v) is 10.7. The van der Waals surface area contributed by atoms with Gasteiger partial charge in [-0.3, -0.25) is 0 Å². The van der Waals surface area contributed by atoms with E-state index in [4.69, 9.17) is 0 Å². The second-order valence-corrected chi connectivity index (χ2v) is 6.68. The molecule has 1 aromatic heterocycles. The predicted octanol–water partition coefficient (Wildman–Crippen LogP) is 0.226. The van der Waals surface area contributed by atoms with Gasteiger partial charge in [0, 0.05) is 0 Å². The maximum absolute atomic E-state index is 11.8. The summed E-state index contributed by atoms with van der Waals surface area (Å²) in [5.74, 6) is 0.389. The van der Waals surface area contributed by atoms with Gasteiger partial charge in [0.1, 0.15) is 0 Å². The highest BCUT2D eigenvalue weighted by Gasteiger charge is 2.24. The Morgan fingerprint density at radius 2 is 2.06 bits per heavy atom. The van der Waals surface area contributed by atoms with Crippen LogP contribution >= 0.6 is 0 Å². The van der Waals surface area contributed by atoms with Gasteiger partial charge in [-0.1, -0.05) is 26.0 Å². The molecule has 1 heterocycles. The minimum atomic E-state index is -3.34. The van der Waals surface area contributed by atoms with Gasteiger partial charge in [0.25, 0.3) is 0 Å². The fourth-order valence-corrected chi connectivity index (χ4v) is 3.15. The van der Waals surface area contributed by atoms with Gasteiger partial charge >= 0.3 is 0 Å². The summed E-state index contributed by atoms with van der Waals surface area (Å²) in [7, 11) is -3.34. The van der Waals surface area contributed by atoms with Crippen LogP contribution in [0.25, 0.3) is 0 Å². The summed E-state index contributed by atoms with van der Waals surface area (Å²) in [5, 5.41) is 13.1. The Morgan fingerprint density at radius 3 is 2.50 bits per heavy atom. The summed E-state index contributed by atoms with van der Waals surface area (Å²) < 4.78 is 26.0. The van der Waals surface area contributed by atoms with Crippen molar-refractivity contribution in [2.75, 3.05) is 5.75 Å². The first-order valence-electron chi connectivity index (χ1n) is 4.93. The molecule has 7 nitrogen and oxygen atoms in total. The Hall–Kier alpha value is -1.02. The summed E-state index contributed by atoms with van der Waals surface area (Å²) in [4.78, 5) is 0. The lowest BCUT2D eigenvalue weighted by Crippen LogP contribution is -2.34. The topological polar surface area (TPSA) is 101 Å². The normalized spacial score (nSPS) is 15.0. The van der Waals surface area contributed by atoms with Crippen LogP contribution in [0.4, 0.5) is 0 Å². The van der Waals surface area contributed by atoms with Crippen molar-refractivity contribution >= 4 is 10.0 Å². The predicted molar refractivity (Wildman–Crippen MR) is 59.0 cm³/mol. The number of sulfonamides is 1. The third-order valence-electron chi connectivity index (χ3n) is 1.73. The van der Waals surface area contributed by atoms with Gasteiger partial charge in [0.05, 0.1) is 11.8 Å². The molecule has 0 aliphatic rings. The third kappa shape index (κ3) is 4.23. The zero-order valence-electron chi connectivity index (χ0n) is 9.85. The van der Waals surface area contributed by atoms with Crippen molar-refractivity contribution in [3.8, 4) is 0 Å². The van der Waals surface area contributed by atoms with E-state index in [9.17, 15) is 8.42 Å². The van der Waals surface area contributed by atoms with Crippen molar-refractivity contribution in [1.29, 1.82) is 0 Å². The Balaban J connectivity index is 2.67. The van der Waals surface area contributed by atoms with E-state index in [-0.39, 0.29) is 11.2 Å². The third-order valence-corrected chi connectivity index (χ3v) is 3.69. The standard InChI is InChI=1S/C8H17N5O2S/c1-6(7-9-12-13-10-7)11-16(14,15)5-8(2,3)4/h6,11H,5H2,1-4H3,(H,9,10,12,13). The van der Waals surface area contributed by atoms with Crippen LogP contribution in [0, 0.1) is 5.41 Å². The number of aromatic amines is 1. The molecule has 0 saturated heterocycles. The van der Waals surface area contributed by atoms with E-state index in [2.05, 4.69) is 25.3 Å². The molecular formula is C8H17N5O2S. The summed E-state index contributed by atoms with van der Waals surface area (Å²) in [5.41, 5.74) is -0.289. The van der Waals surface area contributed by atoms with Gasteiger partial charge in [0.15, 0.2) is 5.82 Å². The van der Waals surface area contributed by atoms with Gasteiger partial charge in [0.2, 0.25) is 10.0 Å². The number of hydrogen-bond acceptors (Lipinski definition) is 5. The summed E-state index contributed by atoms with van der Waals surface area (Å²) in [6, 6.07) is -0.480. The SMILES string of the molecule is CC(NS(=O)(=O)CC(C)(C)C)c1nn[nH]n1. The minimum absolute atomic E-state index is 0.0577. The Bertz CT molecular complexity index is 420. The molecule has 0 aliphatic carbocycles. The molecule has 0 aromatic carbocycles. The van der Waals surface area contributed by atoms with Crippen molar-refractivity contribution < 1.29 is 8.42 Å². The zero-order chi connectivity index (χ0) is 12.4. The Morgan fingerprint density at radius 1 is 1.44 bits per heavy atom. The van der Waals surface area contributed by atoms with Crippen LogP contribution in [-0.4, -0.2) is 34.8 Å². The molecule has 1 atom stereocenters. The molecule has 0 aliphatic heterocycles. The molecular weight excluding hydrogens is 230 g/mol. The molecule has 0 bridgehead atoms. The fraction of sp³-hybridized carbons (Fsp3) is 0.875. The molecule has 0 spiro atoms. The number of H-pyrrole nitrogens is 1. The lowest BCUT2D eigenvalue weighted by Gasteiger charge is -2.19. The number of nitrogens with one attached hydrogen (secondary N) is 2. The van der Waals surface area contributed by atoms with E-state index in [0.717, 1.165) is 0 Å². The smallest absolute Gasteiger partial charge is 0.212 e. The number of aromatic nitrogens is 4. The first-order chi connectivity index (χ1) is 7.20. The molecule has 2 N–H and O–H groups in total. The van der Waals surface area contributed by atoms with E-state index in [1.165, 1.54) is 0 Å². The van der Waals surface area contributed by atoms with Crippen molar-refractivity contribution in [2.24, 2.45) is 5.41 Å². The number of tetrazole rings is 1. The number of nitrogens with zero attached hydrogens (tertiary/aromatic N) is 3. The minimum Gasteiger partial charge on any atom is -0.212 e. The van der Waals surface area contributed by atoms with Gasteiger partial charge in [-0.15, -0.1) is 10.2 Å². The highest BCUT2D eigenvalue weighted by atomic mass is 32.2. The van der Waals surface area contributed by atoms with Crippen LogP contribution in [0.5, 0.6) is 0 Å². The fourth-order valence-electron chi connectivity index (χ4n) is 1.29. The van der Waals surface area contributed by atoms with E-state index in [1.54, 1.807) is 6.92 Å². The van der Waals surface area contributed by atoms with Gasteiger partial charge in [-0.05, 0) is 12.3 Å². The van der Waals surface area contributed by atoms with Crippen molar-refractivity contribution in [2.45, 2.75) is 33.7 Å². The molecule has 0 saturated carbocycles. The molecule has 8 heteroatoms. The number of hydrogen-bond donors (Lipinski definition) is 2. The van der Waals surface area contributed by atoms with E-state index < -0.39 is 16.1 Å². The number of rotatable bonds is 4. The lowest BCUT2D eigenvalue weighted by molar-refractivity contribution is 0.454. The van der Waals surface area contributed by atoms with Crippen LogP contribution in [0.3, 0.4) is 0 Å². The molecule has 16 heavy (non-hydrogen) atoms. The Labute approximate surface area is 95.1 Å². The van der Waals surface area contributed by atoms with Gasteiger partial charge in [-0.2, -0.15) is 5.21 Å². The molecule has 1 unspecified atom stereocenters. The summed E-state index contributed by atoms with van der Waals surface area (Å²) in [6.07, 6.45) is 0. The van der Waals surface area contributed by atoms with Crippen LogP contribution in [-0.2, 0) is 10.0 Å². The van der Waals surface area contributed by atoms with Gasteiger partial charge in [-0.25, -0.2) is 13.1 Å². The maximum atomic E-state index is 11.8. The molecule has 0 fully saturated rings. The average molecular weight is 247 g/mol. The van der Waals surface area contributed by atoms with E-state index in [0.29, 0.717) is 5.82 Å². The molecule has 1 rings (SSSR count). The van der Waals surface area contributed by atoms with Crippen LogP contribution < -0.4 is 4.72 Å². The van der Waals surface area contributed by atoms with Crippen molar-refractivity contribution in [3.05, 3.63) is 5.82 Å². The van der Waals surface area contributed by atoms with Crippen molar-refractivity contribution in [1.82, 2.24) is 25.3 Å². The lowest BCUT2D eigenvalue weighted by atomic mass is 10.0. The molecule has 0 radical (unpaired) electrons. The molecule has 1 aromatic rings. The molecule has 92 valence electrons. The maximum Gasteiger partial charge on any atom is 0.212 e. The van der Waals surface area contributed by atoms with E-state index in [1.807, 2.05) is 20.8 Å². The largest absolute Gasteiger partial charge is 0.212 e. The highest BCUT2D eigenvalue weighted by molar-refractivity contribution is 7.89.